The van der Waals surface area contributed by atoms with E-state index >= 15 is 0 Å². The second-order valence-corrected chi connectivity index (χ2v) is 7.69. The summed E-state index contributed by atoms with van der Waals surface area (Å²) in [5, 5.41) is 13.8. The van der Waals surface area contributed by atoms with Gasteiger partial charge < -0.3 is 30.4 Å². The maximum Gasteiger partial charge on any atom is 0.412 e. The number of ether oxygens (including phenoxy) is 3. The Kier molecular flexibility index (Phi) is 7.12. The zero-order valence-electron chi connectivity index (χ0n) is 17.4. The fourth-order valence-electron chi connectivity index (χ4n) is 2.97. The molecule has 3 heterocycles. The molecule has 0 fully saturated rings. The summed E-state index contributed by atoms with van der Waals surface area (Å²) in [5.41, 5.74) is 7.76. The van der Waals surface area contributed by atoms with Crippen LogP contribution in [0.5, 0.6) is 17.2 Å². The van der Waals surface area contributed by atoms with Crippen LogP contribution in [-0.2, 0) is 13.2 Å². The summed E-state index contributed by atoms with van der Waals surface area (Å²) in [4.78, 5) is 23.9. The molecule has 1 aromatic carbocycles. The number of benzene rings is 1. The minimum Gasteiger partial charge on any atom is -0.489 e. The number of hydrogen-bond acceptors (Lipinski definition) is 10. The summed E-state index contributed by atoms with van der Waals surface area (Å²) in [6.45, 7) is 0.492. The summed E-state index contributed by atoms with van der Waals surface area (Å²) in [5.74, 6) is 1.87. The first-order chi connectivity index (χ1) is 16.1. The molecule has 0 atom stereocenters. The number of carbonyl (C=O) groups excluding carboxylic acids is 1. The molecule has 0 saturated carbocycles. The van der Waals surface area contributed by atoms with Crippen LogP contribution < -0.4 is 25.3 Å². The molecule has 0 saturated heterocycles. The number of carbonyl (C=O) groups is 1. The molecule has 0 bridgehead atoms. The van der Waals surface area contributed by atoms with Gasteiger partial charge in [0.25, 0.3) is 0 Å². The van der Waals surface area contributed by atoms with E-state index in [1.54, 1.807) is 18.5 Å². The Hall–Kier alpha value is -3.96. The lowest BCUT2D eigenvalue weighted by atomic mass is 10.2. The molecule has 0 aliphatic heterocycles. The van der Waals surface area contributed by atoms with E-state index in [1.807, 2.05) is 23.6 Å². The van der Waals surface area contributed by atoms with Crippen molar-refractivity contribution in [1.29, 1.82) is 0 Å². The number of nitrogen functional groups attached to an aromatic ring is 1. The van der Waals surface area contributed by atoms with Crippen molar-refractivity contribution >= 4 is 33.3 Å². The SMILES string of the molecule is Nc1ncc(OC(=O)NCCO)c2scc(COc3cccc(OCc4cncnc4)c3)c12. The third-order valence-electron chi connectivity index (χ3n) is 4.47. The lowest BCUT2D eigenvalue weighted by Gasteiger charge is -2.10. The number of pyridine rings is 1. The van der Waals surface area contributed by atoms with Crippen molar-refractivity contribution in [3.63, 3.8) is 0 Å². The zero-order chi connectivity index (χ0) is 23.0. The van der Waals surface area contributed by atoms with Gasteiger partial charge in [0.15, 0.2) is 5.75 Å². The summed E-state index contributed by atoms with van der Waals surface area (Å²) in [7, 11) is 0. The smallest absolute Gasteiger partial charge is 0.412 e. The lowest BCUT2D eigenvalue weighted by molar-refractivity contribution is 0.196. The molecule has 0 aliphatic rings. The molecule has 10 nitrogen and oxygen atoms in total. The Morgan fingerprint density at radius 3 is 2.64 bits per heavy atom. The molecule has 0 radical (unpaired) electrons. The monoisotopic (exact) mass is 467 g/mol. The van der Waals surface area contributed by atoms with Crippen LogP contribution in [0, 0.1) is 0 Å². The maximum atomic E-state index is 11.9. The topological polar surface area (TPSA) is 142 Å². The third-order valence-corrected chi connectivity index (χ3v) is 5.51. The van der Waals surface area contributed by atoms with Gasteiger partial charge in [-0.2, -0.15) is 0 Å². The van der Waals surface area contributed by atoms with Crippen LogP contribution >= 0.6 is 11.3 Å². The molecule has 170 valence electrons. The van der Waals surface area contributed by atoms with Crippen LogP contribution in [0.4, 0.5) is 10.6 Å². The van der Waals surface area contributed by atoms with Crippen LogP contribution in [0.15, 0.2) is 54.6 Å². The molecule has 33 heavy (non-hydrogen) atoms. The van der Waals surface area contributed by atoms with Crippen molar-refractivity contribution in [1.82, 2.24) is 20.3 Å². The van der Waals surface area contributed by atoms with Crippen molar-refractivity contribution in [3.8, 4) is 17.2 Å². The Morgan fingerprint density at radius 1 is 1.12 bits per heavy atom. The minimum absolute atomic E-state index is 0.0931. The zero-order valence-corrected chi connectivity index (χ0v) is 18.2. The van der Waals surface area contributed by atoms with Gasteiger partial charge in [0.05, 0.1) is 17.5 Å². The number of aromatic nitrogens is 3. The molecule has 4 N–H and O–H groups in total. The fraction of sp³-hybridized carbons (Fsp3) is 0.182. The highest BCUT2D eigenvalue weighted by molar-refractivity contribution is 7.17. The Bertz CT molecular complexity index is 1230. The second kappa shape index (κ2) is 10.6. The van der Waals surface area contributed by atoms with E-state index in [-0.39, 0.29) is 25.5 Å². The van der Waals surface area contributed by atoms with Gasteiger partial charge in [0, 0.05) is 41.5 Å². The molecule has 0 unspecified atom stereocenters. The van der Waals surface area contributed by atoms with Gasteiger partial charge in [-0.25, -0.2) is 19.7 Å². The number of hydrogen-bond donors (Lipinski definition) is 3. The second-order valence-electron chi connectivity index (χ2n) is 6.81. The van der Waals surface area contributed by atoms with E-state index in [0.29, 0.717) is 34.0 Å². The molecule has 3 aromatic heterocycles. The summed E-state index contributed by atoms with van der Waals surface area (Å²) in [6.07, 6.45) is 5.58. The molecule has 11 heteroatoms. The highest BCUT2D eigenvalue weighted by atomic mass is 32.1. The van der Waals surface area contributed by atoms with Crippen LogP contribution in [0.25, 0.3) is 10.1 Å². The van der Waals surface area contributed by atoms with E-state index < -0.39 is 6.09 Å². The number of anilines is 1. The average molecular weight is 468 g/mol. The van der Waals surface area contributed by atoms with Gasteiger partial charge in [0.2, 0.25) is 0 Å². The van der Waals surface area contributed by atoms with Crippen LogP contribution in [0.3, 0.4) is 0 Å². The average Bonchev–Trinajstić information content (AvgIpc) is 3.28. The normalized spacial score (nSPS) is 10.7. The Morgan fingerprint density at radius 2 is 1.88 bits per heavy atom. The number of nitrogens with zero attached hydrogens (tertiary/aromatic N) is 3. The summed E-state index contributed by atoms with van der Waals surface area (Å²) >= 11 is 1.37. The van der Waals surface area contributed by atoms with E-state index in [4.69, 9.17) is 25.1 Å². The van der Waals surface area contributed by atoms with Gasteiger partial charge in [-0.3, -0.25) is 0 Å². The number of aliphatic hydroxyl groups is 1. The van der Waals surface area contributed by atoms with E-state index in [2.05, 4.69) is 20.3 Å². The molecule has 1 amide bonds. The van der Waals surface area contributed by atoms with E-state index in [0.717, 1.165) is 11.1 Å². The predicted octanol–water partition coefficient (Wildman–Crippen LogP) is 2.91. The third kappa shape index (κ3) is 5.64. The molecule has 4 rings (SSSR count). The predicted molar refractivity (Wildman–Crippen MR) is 122 cm³/mol. The van der Waals surface area contributed by atoms with Crippen molar-refractivity contribution < 1.29 is 24.1 Å². The van der Waals surface area contributed by atoms with Gasteiger partial charge in [-0.15, -0.1) is 11.3 Å². The molecule has 0 spiro atoms. The largest absolute Gasteiger partial charge is 0.489 e. The van der Waals surface area contributed by atoms with E-state index in [9.17, 15) is 4.79 Å². The highest BCUT2D eigenvalue weighted by Crippen LogP contribution is 2.37. The standard InChI is InChI=1S/C22H21N5O5S/c23-21-19-15(12-33-20(19)18(9-27-21)32-22(29)26-4-5-28)11-31-17-3-1-2-16(6-17)30-10-14-7-24-13-25-8-14/h1-3,6-9,12-13,28H,4-5,10-11H2,(H2,23,27)(H,26,29). The number of amides is 1. The van der Waals surface area contributed by atoms with Gasteiger partial charge in [-0.05, 0) is 17.5 Å². The van der Waals surface area contributed by atoms with Crippen molar-refractivity contribution in [2.75, 3.05) is 18.9 Å². The van der Waals surface area contributed by atoms with Crippen molar-refractivity contribution in [2.45, 2.75) is 13.2 Å². The quantitative estimate of drug-likeness (QED) is 0.339. The summed E-state index contributed by atoms with van der Waals surface area (Å²) in [6, 6.07) is 7.30. The lowest BCUT2D eigenvalue weighted by Crippen LogP contribution is -2.29. The fourth-order valence-corrected chi connectivity index (χ4v) is 3.98. The molecule has 0 aliphatic carbocycles. The molecular weight excluding hydrogens is 446 g/mol. The summed E-state index contributed by atoms with van der Waals surface area (Å²) < 4.78 is 17.7. The number of aliphatic hydroxyl groups excluding tert-OH is 1. The maximum absolute atomic E-state index is 11.9. The highest BCUT2D eigenvalue weighted by Gasteiger charge is 2.16. The van der Waals surface area contributed by atoms with Gasteiger partial charge in [0.1, 0.15) is 36.9 Å². The number of nitrogens with one attached hydrogen (secondary N) is 1. The van der Waals surface area contributed by atoms with Crippen molar-refractivity contribution in [3.05, 3.63) is 65.7 Å². The van der Waals surface area contributed by atoms with Gasteiger partial charge >= 0.3 is 6.09 Å². The van der Waals surface area contributed by atoms with Crippen LogP contribution in [0.2, 0.25) is 0 Å². The first-order valence-electron chi connectivity index (χ1n) is 9.94. The minimum atomic E-state index is -0.679. The number of thiophene rings is 1. The first-order valence-corrected chi connectivity index (χ1v) is 10.8. The first kappa shape index (κ1) is 22.2. The molecule has 4 aromatic rings. The number of rotatable bonds is 9. The van der Waals surface area contributed by atoms with Crippen LogP contribution in [0.1, 0.15) is 11.1 Å². The Balaban J connectivity index is 1.44. The van der Waals surface area contributed by atoms with E-state index in [1.165, 1.54) is 23.9 Å². The van der Waals surface area contributed by atoms with Crippen molar-refractivity contribution in [2.24, 2.45) is 0 Å². The van der Waals surface area contributed by atoms with Gasteiger partial charge in [-0.1, -0.05) is 6.07 Å². The molecular formula is C22H21N5O5S. The number of fused-ring (bicyclic) bond motifs is 1. The number of nitrogens with two attached hydrogens (primary N) is 1. The Labute approximate surface area is 193 Å². The van der Waals surface area contributed by atoms with Crippen LogP contribution in [-0.4, -0.2) is 39.3 Å².